The molecule has 0 saturated heterocycles. The van der Waals surface area contributed by atoms with Gasteiger partial charge >= 0.3 is 0 Å². The van der Waals surface area contributed by atoms with Crippen molar-refractivity contribution < 1.29 is 9.32 Å². The number of hydrogen-bond donors (Lipinski definition) is 2. The Morgan fingerprint density at radius 2 is 1.70 bits per heavy atom. The molecule has 0 radical (unpaired) electrons. The highest BCUT2D eigenvalue weighted by molar-refractivity contribution is 5.85. The van der Waals surface area contributed by atoms with Gasteiger partial charge in [0.05, 0.1) is 0 Å². The van der Waals surface area contributed by atoms with Crippen LogP contribution >= 0.6 is 24.8 Å². The molecule has 0 aliphatic carbocycles. The average molecular weight is 452 g/mol. The molecule has 1 unspecified atom stereocenters. The molecular formula is C21H27Cl2N5O2. The number of rotatable bonds is 8. The lowest BCUT2D eigenvalue weighted by Gasteiger charge is -2.14. The van der Waals surface area contributed by atoms with Gasteiger partial charge in [-0.25, -0.2) is 0 Å². The van der Waals surface area contributed by atoms with E-state index in [9.17, 15) is 4.79 Å². The molecule has 0 fully saturated rings. The third-order valence-electron chi connectivity index (χ3n) is 4.52. The number of amides is 1. The largest absolute Gasteiger partial charge is 0.354 e. The van der Waals surface area contributed by atoms with E-state index >= 15 is 0 Å². The van der Waals surface area contributed by atoms with Gasteiger partial charge in [-0.05, 0) is 29.2 Å². The maximum atomic E-state index is 12.1. The highest BCUT2D eigenvalue weighted by Gasteiger charge is 2.12. The van der Waals surface area contributed by atoms with Gasteiger partial charge < -0.3 is 15.6 Å². The summed E-state index contributed by atoms with van der Waals surface area (Å²) in [4.78, 5) is 20.4. The molecule has 1 atom stereocenters. The van der Waals surface area contributed by atoms with Crippen LogP contribution in [0.15, 0.2) is 53.3 Å². The lowest BCUT2D eigenvalue weighted by Crippen LogP contribution is -2.32. The van der Waals surface area contributed by atoms with Gasteiger partial charge in [-0.15, -0.1) is 24.8 Å². The van der Waals surface area contributed by atoms with Gasteiger partial charge in [0, 0.05) is 43.4 Å². The Kier molecular flexibility index (Phi) is 10.5. The number of hydrogen-bond acceptors (Lipinski definition) is 6. The van der Waals surface area contributed by atoms with Crippen LogP contribution in [0.5, 0.6) is 0 Å². The SMILES string of the molecule is CC(C)c1ccc(C(N)CNC(=O)CCc2nc(-c3ccncc3)no2)cc1.Cl.Cl. The molecule has 0 saturated carbocycles. The van der Waals surface area contributed by atoms with Crippen LogP contribution < -0.4 is 11.1 Å². The summed E-state index contributed by atoms with van der Waals surface area (Å²) in [7, 11) is 0. The van der Waals surface area contributed by atoms with Crippen molar-refractivity contribution in [2.45, 2.75) is 38.6 Å². The fourth-order valence-electron chi connectivity index (χ4n) is 2.75. The maximum Gasteiger partial charge on any atom is 0.227 e. The van der Waals surface area contributed by atoms with Crippen LogP contribution in [0.4, 0.5) is 0 Å². The number of aromatic nitrogens is 3. The second kappa shape index (κ2) is 12.3. The quantitative estimate of drug-likeness (QED) is 0.538. The van der Waals surface area contributed by atoms with Crippen LogP contribution in [0.25, 0.3) is 11.4 Å². The fourth-order valence-corrected chi connectivity index (χ4v) is 2.75. The van der Waals surface area contributed by atoms with Crippen molar-refractivity contribution >= 4 is 30.7 Å². The first-order valence-corrected chi connectivity index (χ1v) is 9.38. The number of nitrogens with two attached hydrogens (primary N) is 1. The minimum atomic E-state index is -0.244. The Balaban J connectivity index is 0.00000225. The standard InChI is InChI=1S/C21H25N5O2.2ClH/c1-14(2)15-3-5-16(6-4-15)18(22)13-24-19(27)7-8-20-25-21(26-28-20)17-9-11-23-12-10-17;;/h3-6,9-12,14,18H,7-8,13,22H2,1-2H3,(H,24,27);2*1H. The Hall–Kier alpha value is -2.48. The Bertz CT molecular complexity index is 901. The maximum absolute atomic E-state index is 12.1. The molecule has 30 heavy (non-hydrogen) atoms. The molecule has 162 valence electrons. The minimum absolute atomic E-state index is 0. The van der Waals surface area contributed by atoms with Crippen LogP contribution in [-0.4, -0.2) is 27.6 Å². The molecule has 9 heteroatoms. The Morgan fingerprint density at radius 3 is 2.33 bits per heavy atom. The molecule has 0 spiro atoms. The number of carbonyl (C=O) groups is 1. The molecule has 1 amide bonds. The summed E-state index contributed by atoms with van der Waals surface area (Å²) >= 11 is 0. The monoisotopic (exact) mass is 451 g/mol. The van der Waals surface area contributed by atoms with Crippen molar-refractivity contribution in [3.05, 3.63) is 65.8 Å². The molecule has 3 N–H and O–H groups in total. The van der Waals surface area contributed by atoms with E-state index in [2.05, 4.69) is 46.4 Å². The lowest BCUT2D eigenvalue weighted by atomic mass is 9.99. The second-order valence-electron chi connectivity index (χ2n) is 6.98. The van der Waals surface area contributed by atoms with Crippen LogP contribution in [0.3, 0.4) is 0 Å². The number of pyridine rings is 1. The Labute approximate surface area is 188 Å². The molecule has 0 bridgehead atoms. The minimum Gasteiger partial charge on any atom is -0.354 e. The Morgan fingerprint density at radius 1 is 1.07 bits per heavy atom. The lowest BCUT2D eigenvalue weighted by molar-refractivity contribution is -0.121. The molecule has 3 aromatic rings. The zero-order chi connectivity index (χ0) is 19.9. The average Bonchev–Trinajstić information content (AvgIpc) is 3.20. The summed E-state index contributed by atoms with van der Waals surface area (Å²) in [5.41, 5.74) is 9.28. The first kappa shape index (κ1) is 25.6. The predicted molar refractivity (Wildman–Crippen MR) is 121 cm³/mol. The highest BCUT2D eigenvalue weighted by atomic mass is 35.5. The van der Waals surface area contributed by atoms with E-state index < -0.39 is 0 Å². The van der Waals surface area contributed by atoms with E-state index in [-0.39, 0.29) is 43.2 Å². The van der Waals surface area contributed by atoms with Gasteiger partial charge in [-0.1, -0.05) is 43.3 Å². The van der Waals surface area contributed by atoms with Gasteiger partial charge in [0.1, 0.15) is 0 Å². The smallest absolute Gasteiger partial charge is 0.227 e. The van der Waals surface area contributed by atoms with Crippen LogP contribution in [0, 0.1) is 0 Å². The normalized spacial score (nSPS) is 11.3. The first-order valence-electron chi connectivity index (χ1n) is 9.38. The third-order valence-corrected chi connectivity index (χ3v) is 4.52. The molecule has 2 aromatic heterocycles. The number of carbonyl (C=O) groups excluding carboxylic acids is 1. The van der Waals surface area contributed by atoms with Gasteiger partial charge in [0.2, 0.25) is 17.6 Å². The van der Waals surface area contributed by atoms with Gasteiger partial charge in [-0.2, -0.15) is 4.98 Å². The fraction of sp³-hybridized carbons (Fsp3) is 0.333. The predicted octanol–water partition coefficient (Wildman–Crippen LogP) is 3.85. The van der Waals surface area contributed by atoms with Crippen molar-refractivity contribution in [3.8, 4) is 11.4 Å². The van der Waals surface area contributed by atoms with Crippen molar-refractivity contribution in [3.63, 3.8) is 0 Å². The van der Waals surface area contributed by atoms with E-state index in [0.29, 0.717) is 30.6 Å². The summed E-state index contributed by atoms with van der Waals surface area (Å²) in [5, 5.41) is 6.80. The third kappa shape index (κ3) is 7.09. The van der Waals surface area contributed by atoms with Crippen LogP contribution in [0.2, 0.25) is 0 Å². The van der Waals surface area contributed by atoms with Gasteiger partial charge in [-0.3, -0.25) is 9.78 Å². The molecule has 7 nitrogen and oxygen atoms in total. The molecular weight excluding hydrogens is 425 g/mol. The number of nitrogens with zero attached hydrogens (tertiary/aromatic N) is 3. The van der Waals surface area contributed by atoms with Gasteiger partial charge in [0.25, 0.3) is 0 Å². The van der Waals surface area contributed by atoms with E-state index in [1.54, 1.807) is 24.5 Å². The van der Waals surface area contributed by atoms with Crippen LogP contribution in [0.1, 0.15) is 49.2 Å². The molecule has 0 aliphatic rings. The summed E-state index contributed by atoms with van der Waals surface area (Å²) in [6.45, 7) is 4.68. The van der Waals surface area contributed by atoms with E-state index in [4.69, 9.17) is 10.3 Å². The zero-order valence-electron chi connectivity index (χ0n) is 16.9. The second-order valence-corrected chi connectivity index (χ2v) is 6.98. The summed E-state index contributed by atoms with van der Waals surface area (Å²) in [6.07, 6.45) is 3.97. The van der Waals surface area contributed by atoms with Crippen molar-refractivity contribution in [1.82, 2.24) is 20.4 Å². The topological polar surface area (TPSA) is 107 Å². The number of benzene rings is 1. The molecule has 2 heterocycles. The van der Waals surface area contributed by atoms with Crippen molar-refractivity contribution in [2.24, 2.45) is 5.73 Å². The van der Waals surface area contributed by atoms with E-state index in [1.165, 1.54) is 5.56 Å². The molecule has 0 aliphatic heterocycles. The molecule has 1 aromatic carbocycles. The van der Waals surface area contributed by atoms with Gasteiger partial charge in [0.15, 0.2) is 0 Å². The van der Waals surface area contributed by atoms with Crippen molar-refractivity contribution in [2.75, 3.05) is 6.54 Å². The molecule has 3 rings (SSSR count). The summed E-state index contributed by atoms with van der Waals surface area (Å²) in [5.74, 6) is 1.30. The number of nitrogens with one attached hydrogen (secondary N) is 1. The number of halogens is 2. The first-order chi connectivity index (χ1) is 13.5. The number of aryl methyl sites for hydroxylation is 1. The zero-order valence-corrected chi connectivity index (χ0v) is 18.6. The highest BCUT2D eigenvalue weighted by Crippen LogP contribution is 2.17. The van der Waals surface area contributed by atoms with E-state index in [1.807, 2.05) is 12.1 Å². The van der Waals surface area contributed by atoms with Crippen LogP contribution in [-0.2, 0) is 11.2 Å². The van der Waals surface area contributed by atoms with Crippen molar-refractivity contribution in [1.29, 1.82) is 0 Å². The summed E-state index contributed by atoms with van der Waals surface area (Å²) < 4.78 is 5.21. The van der Waals surface area contributed by atoms with E-state index in [0.717, 1.165) is 11.1 Å². The summed E-state index contributed by atoms with van der Waals surface area (Å²) in [6, 6.07) is 11.6.